The second-order valence-corrected chi connectivity index (χ2v) is 8.74. The van der Waals surface area contributed by atoms with Gasteiger partial charge in [-0.15, -0.1) is 0 Å². The molecule has 0 fully saturated rings. The number of methoxy groups -OCH3 is 2. The molecule has 0 amide bonds. The Balaban J connectivity index is 1.56. The van der Waals surface area contributed by atoms with Gasteiger partial charge in [0.05, 0.1) is 24.7 Å². The number of benzene rings is 3. The molecule has 1 aliphatic heterocycles. The highest BCUT2D eigenvalue weighted by molar-refractivity contribution is 9.10. The molecule has 3 nitrogen and oxygen atoms in total. The average Bonchev–Trinajstić information content (AvgIpc) is 3.28. The molecule has 30 heavy (non-hydrogen) atoms. The maximum absolute atomic E-state index is 5.60. The van der Waals surface area contributed by atoms with E-state index >= 15 is 0 Å². The maximum Gasteiger partial charge on any atom is 0.174 e. The lowest BCUT2D eigenvalue weighted by Gasteiger charge is -2.38. The van der Waals surface area contributed by atoms with Crippen molar-refractivity contribution in [2.75, 3.05) is 19.5 Å². The minimum Gasteiger partial charge on any atom is -0.493 e. The van der Waals surface area contributed by atoms with Gasteiger partial charge in [-0.1, -0.05) is 48.6 Å². The van der Waals surface area contributed by atoms with Gasteiger partial charge in [0, 0.05) is 11.6 Å². The Morgan fingerprint density at radius 1 is 0.933 bits per heavy atom. The highest BCUT2D eigenvalue weighted by Gasteiger charge is 2.38. The number of allylic oxidation sites excluding steroid dienone is 2. The van der Waals surface area contributed by atoms with Crippen LogP contribution in [0.15, 0.2) is 77.3 Å². The zero-order valence-electron chi connectivity index (χ0n) is 17.1. The fraction of sp³-hybridized carbons (Fsp3) is 0.231. The van der Waals surface area contributed by atoms with Gasteiger partial charge in [-0.2, -0.15) is 0 Å². The SMILES string of the molecule is COc1cc([C@@H]2Nc3ccc(-c4ccccc4)cc3[C@H]3C=CC[C@H]32)cc(Br)c1OC. The van der Waals surface area contributed by atoms with Crippen molar-refractivity contribution in [2.24, 2.45) is 5.92 Å². The molecule has 0 unspecified atom stereocenters. The fourth-order valence-electron chi connectivity index (χ4n) is 4.85. The van der Waals surface area contributed by atoms with Crippen molar-refractivity contribution >= 4 is 21.6 Å². The van der Waals surface area contributed by atoms with Crippen LogP contribution < -0.4 is 14.8 Å². The lowest BCUT2D eigenvalue weighted by molar-refractivity contribution is 0.351. The summed E-state index contributed by atoms with van der Waals surface area (Å²) in [5, 5.41) is 3.82. The summed E-state index contributed by atoms with van der Waals surface area (Å²) in [6.07, 6.45) is 5.76. The summed E-state index contributed by atoms with van der Waals surface area (Å²) < 4.78 is 12.0. The first kappa shape index (κ1) is 19.3. The Kier molecular flexibility index (Phi) is 5.03. The third-order valence-corrected chi connectivity index (χ3v) is 6.87. The first-order valence-electron chi connectivity index (χ1n) is 10.2. The molecule has 4 heteroatoms. The van der Waals surface area contributed by atoms with Crippen molar-refractivity contribution in [3.63, 3.8) is 0 Å². The Morgan fingerprint density at radius 2 is 1.77 bits per heavy atom. The Morgan fingerprint density at radius 3 is 2.53 bits per heavy atom. The minimum absolute atomic E-state index is 0.205. The maximum atomic E-state index is 5.60. The highest BCUT2D eigenvalue weighted by atomic mass is 79.9. The molecule has 0 spiro atoms. The second kappa shape index (κ2) is 7.84. The van der Waals surface area contributed by atoms with E-state index in [2.05, 4.69) is 94.1 Å². The van der Waals surface area contributed by atoms with Crippen molar-refractivity contribution in [3.05, 3.63) is 88.4 Å². The van der Waals surface area contributed by atoms with Crippen LogP contribution in [0.25, 0.3) is 11.1 Å². The number of anilines is 1. The predicted octanol–water partition coefficient (Wildman–Crippen LogP) is 6.96. The Hall–Kier alpha value is -2.72. The third kappa shape index (κ3) is 3.20. The van der Waals surface area contributed by atoms with Gasteiger partial charge in [-0.25, -0.2) is 0 Å². The molecule has 0 bridgehead atoms. The highest BCUT2D eigenvalue weighted by Crippen LogP contribution is 2.51. The van der Waals surface area contributed by atoms with E-state index in [0.29, 0.717) is 11.8 Å². The van der Waals surface area contributed by atoms with Crippen molar-refractivity contribution in [2.45, 2.75) is 18.4 Å². The fourth-order valence-corrected chi connectivity index (χ4v) is 5.47. The van der Waals surface area contributed by atoms with Gasteiger partial charge in [0.25, 0.3) is 0 Å². The molecule has 1 aliphatic carbocycles. The number of fused-ring (bicyclic) bond motifs is 3. The van der Waals surface area contributed by atoms with E-state index in [0.717, 1.165) is 22.4 Å². The number of hydrogen-bond acceptors (Lipinski definition) is 3. The molecule has 3 atom stereocenters. The number of halogens is 1. The van der Waals surface area contributed by atoms with Gasteiger partial charge in [0.15, 0.2) is 11.5 Å². The lowest BCUT2D eigenvalue weighted by Crippen LogP contribution is -2.29. The number of nitrogens with one attached hydrogen (secondary N) is 1. The zero-order chi connectivity index (χ0) is 20.7. The standard InChI is InChI=1S/C26H24BrNO2/c1-29-24-15-18(14-22(27)26(24)30-2)25-20-10-6-9-19(20)21-13-17(11-12-23(21)28-25)16-7-4-3-5-8-16/h3-9,11-15,19-20,25,28H,10H2,1-2H3/t19-,20+,25-/m0/s1. The summed E-state index contributed by atoms with van der Waals surface area (Å²) >= 11 is 3.66. The van der Waals surface area contributed by atoms with Crippen molar-refractivity contribution < 1.29 is 9.47 Å². The summed E-state index contributed by atoms with van der Waals surface area (Å²) in [7, 11) is 3.35. The van der Waals surface area contributed by atoms with E-state index in [4.69, 9.17) is 9.47 Å². The van der Waals surface area contributed by atoms with Crippen LogP contribution in [0.4, 0.5) is 5.69 Å². The van der Waals surface area contributed by atoms with Crippen molar-refractivity contribution in [3.8, 4) is 22.6 Å². The van der Waals surface area contributed by atoms with E-state index in [1.807, 2.05) is 0 Å². The smallest absolute Gasteiger partial charge is 0.174 e. The van der Waals surface area contributed by atoms with Gasteiger partial charge >= 0.3 is 0 Å². The molecular weight excluding hydrogens is 438 g/mol. The molecule has 2 aliphatic rings. The minimum atomic E-state index is 0.205. The number of ether oxygens (including phenoxy) is 2. The molecule has 1 heterocycles. The van der Waals surface area contributed by atoms with Crippen molar-refractivity contribution in [1.82, 2.24) is 0 Å². The van der Waals surface area contributed by atoms with Crippen LogP contribution >= 0.6 is 15.9 Å². The van der Waals surface area contributed by atoms with Gasteiger partial charge in [0.2, 0.25) is 0 Å². The van der Waals surface area contributed by atoms with Crippen LogP contribution in [-0.4, -0.2) is 14.2 Å². The van der Waals surface area contributed by atoms with Crippen LogP contribution in [0, 0.1) is 5.92 Å². The molecule has 0 saturated heterocycles. The first-order chi connectivity index (χ1) is 14.7. The topological polar surface area (TPSA) is 30.5 Å². The van der Waals surface area contributed by atoms with E-state index in [1.165, 1.54) is 27.9 Å². The molecule has 0 saturated carbocycles. The summed E-state index contributed by atoms with van der Waals surface area (Å²) in [5.74, 6) is 2.35. The predicted molar refractivity (Wildman–Crippen MR) is 125 cm³/mol. The average molecular weight is 462 g/mol. The van der Waals surface area contributed by atoms with Crippen LogP contribution in [0.1, 0.15) is 29.5 Å². The van der Waals surface area contributed by atoms with Crippen molar-refractivity contribution in [1.29, 1.82) is 0 Å². The Bertz CT molecular complexity index is 1110. The first-order valence-corrected chi connectivity index (χ1v) is 11.0. The molecule has 3 aromatic carbocycles. The van der Waals surface area contributed by atoms with E-state index in [9.17, 15) is 0 Å². The lowest BCUT2D eigenvalue weighted by atomic mass is 9.76. The van der Waals surface area contributed by atoms with Crippen LogP contribution in [0.5, 0.6) is 11.5 Å². The molecule has 5 rings (SSSR count). The van der Waals surface area contributed by atoms with Gasteiger partial charge in [-0.05, 0) is 74.8 Å². The van der Waals surface area contributed by atoms with E-state index in [-0.39, 0.29) is 6.04 Å². The monoisotopic (exact) mass is 461 g/mol. The molecule has 0 aromatic heterocycles. The largest absolute Gasteiger partial charge is 0.493 e. The van der Waals surface area contributed by atoms with Crippen LogP contribution in [0.2, 0.25) is 0 Å². The molecule has 3 aromatic rings. The van der Waals surface area contributed by atoms with Gasteiger partial charge < -0.3 is 14.8 Å². The zero-order valence-corrected chi connectivity index (χ0v) is 18.6. The Labute approximate surface area is 185 Å². The van der Waals surface area contributed by atoms with E-state index in [1.54, 1.807) is 14.2 Å². The second-order valence-electron chi connectivity index (χ2n) is 7.88. The third-order valence-electron chi connectivity index (χ3n) is 6.28. The number of hydrogen-bond donors (Lipinski definition) is 1. The van der Waals surface area contributed by atoms with Gasteiger partial charge in [-0.3, -0.25) is 0 Å². The summed E-state index contributed by atoms with van der Waals surface area (Å²) in [6.45, 7) is 0. The molecule has 0 radical (unpaired) electrons. The summed E-state index contributed by atoms with van der Waals surface area (Å²) in [5.41, 5.74) is 6.31. The van der Waals surface area contributed by atoms with E-state index < -0.39 is 0 Å². The number of rotatable bonds is 4. The summed E-state index contributed by atoms with van der Waals surface area (Å²) in [6, 6.07) is 21.8. The van der Waals surface area contributed by atoms with Crippen LogP contribution in [0.3, 0.4) is 0 Å². The van der Waals surface area contributed by atoms with Gasteiger partial charge in [0.1, 0.15) is 0 Å². The summed E-state index contributed by atoms with van der Waals surface area (Å²) in [4.78, 5) is 0. The molecule has 1 N–H and O–H groups in total. The normalized spacial score (nSPS) is 21.5. The van der Waals surface area contributed by atoms with Crippen LogP contribution in [-0.2, 0) is 0 Å². The molecule has 152 valence electrons. The molecular formula is C26H24BrNO2. The quantitative estimate of drug-likeness (QED) is 0.425.